The van der Waals surface area contributed by atoms with Crippen molar-refractivity contribution in [3.8, 4) is 0 Å². The van der Waals surface area contributed by atoms with Crippen molar-refractivity contribution in [2.24, 2.45) is 0 Å². The molecule has 35 atom stereocenters. The van der Waals surface area contributed by atoms with Crippen molar-refractivity contribution in [1.29, 1.82) is 0 Å². The van der Waals surface area contributed by atoms with Crippen LogP contribution in [0.15, 0.2) is 0 Å². The predicted molar refractivity (Wildman–Crippen MR) is 474 cm³/mol. The molecule has 0 aromatic rings. The zero-order valence-corrected chi connectivity index (χ0v) is 85.2. The Balaban J connectivity index is 1.52. The topological polar surface area (TPSA) is 617 Å². The van der Waals surface area contributed by atoms with E-state index in [0.29, 0.717) is 82.3 Å². The number of ether oxygens (including phenoxy) is 28. The number of hydrogen-bond donors (Lipinski definition) is 0. The van der Waals surface area contributed by atoms with Crippen molar-refractivity contribution in [1.82, 2.24) is 0 Å². The summed E-state index contributed by atoms with van der Waals surface area (Å²) in [5.41, 5.74) is 0. The normalized spacial score (nSPS) is 34.9. The van der Waals surface area contributed by atoms with Crippen molar-refractivity contribution >= 4 is 202 Å². The molecule has 56 heteroatoms. The number of carbonyl (C=O) groups is 21. The summed E-state index contributed by atoms with van der Waals surface area (Å²) in [6, 6.07) is 0. The molecule has 14 bridgehead atoms. The van der Waals surface area contributed by atoms with Crippen molar-refractivity contribution in [3.63, 3.8) is 0 Å². The zero-order chi connectivity index (χ0) is 104. The van der Waals surface area contributed by atoms with Crippen LogP contribution in [0.2, 0.25) is 0 Å². The molecular formula is C84H112O49S7. The summed E-state index contributed by atoms with van der Waals surface area (Å²) in [6.45, 7) is 19.9. The smallest absolute Gasteiger partial charge is 0.303 e. The molecule has 140 heavy (non-hydrogen) atoms. The summed E-state index contributed by atoms with van der Waals surface area (Å²) in [4.78, 5) is 290. The Morgan fingerprint density at radius 1 is 0.143 bits per heavy atom. The van der Waals surface area contributed by atoms with Gasteiger partial charge in [-0.15, -0.1) is 0 Å². The molecule has 0 radical (unpaired) electrons. The lowest BCUT2D eigenvalue weighted by molar-refractivity contribution is -0.389. The molecule has 784 valence electrons. The molecule has 0 aromatic heterocycles. The van der Waals surface area contributed by atoms with E-state index in [1.54, 1.807) is 0 Å². The number of hydrogen-bond acceptors (Lipinski definition) is 56. The van der Waals surface area contributed by atoms with Crippen LogP contribution in [0.25, 0.3) is 0 Å². The van der Waals surface area contributed by atoms with E-state index in [2.05, 4.69) is 0 Å². The highest BCUT2D eigenvalue weighted by Crippen LogP contribution is 2.47. The molecule has 0 saturated carbocycles. The van der Waals surface area contributed by atoms with E-state index in [-0.39, 0.29) is 0 Å². The van der Waals surface area contributed by atoms with Gasteiger partial charge in [0.2, 0.25) is 0 Å². The molecule has 0 amide bonds. The fourth-order valence-corrected chi connectivity index (χ4v) is 20.7. The summed E-state index contributed by atoms with van der Waals surface area (Å²) < 4.78 is 180. The van der Waals surface area contributed by atoms with Crippen molar-refractivity contribution in [2.45, 2.75) is 360 Å². The van der Waals surface area contributed by atoms with E-state index in [4.69, 9.17) is 133 Å². The van der Waals surface area contributed by atoms with Gasteiger partial charge in [-0.05, 0) is 0 Å². The van der Waals surface area contributed by atoms with Gasteiger partial charge >= 0.3 is 83.6 Å². The van der Waals surface area contributed by atoms with E-state index < -0.39 is 375 Å². The van der Waals surface area contributed by atoms with Gasteiger partial charge in [-0.2, -0.15) is 0 Å². The standard InChI is InChI=1S/C84H112O49S7/c1-29(85)106-64-57-50(22-134-43(15)99)120-78(71(64)113-36(8)92)128-58-51(23-135-44(16)100)122-80(73(115-38(10)94)65(58)107-30(2)86)130-60-53(25-137-46(18)102)124-82(75(117-40(12)96)67(60)109-32(4)88)132-62-55(27-139-48(20)104)126-84(77(119-42(14)98)69(62)111-34(6)90)133-63-56(28-140-49(21)105)125-83(76(118-41(13)97)70(63)112-35(7)91)131-61-54(26-138-47(19)103)123-81(74(116-39(11)95)68(61)110-33(5)89)129-59-52(24-136-45(17)101)121-79(127-57)72(114-37(9)93)66(59)108-31(3)87/h50-84H,22-28H2,1-21H3. The maximum absolute atomic E-state index is 14.0. The molecule has 21 heterocycles. The first kappa shape index (κ1) is 117. The first-order valence-electron chi connectivity index (χ1n) is 43.2. The van der Waals surface area contributed by atoms with Crippen LogP contribution in [0.1, 0.15) is 145 Å². The molecule has 0 aromatic carbocycles. The number of esters is 14. The molecule has 0 N–H and O–H groups in total. The van der Waals surface area contributed by atoms with Crippen LogP contribution in [-0.2, 0) is 233 Å². The van der Waals surface area contributed by atoms with Crippen LogP contribution in [-0.4, -0.2) is 375 Å². The molecule has 21 fully saturated rings. The number of rotatable bonds is 28. The minimum absolute atomic E-state index is 0.510. The Bertz CT molecular complexity index is 3730. The second-order valence-electron chi connectivity index (χ2n) is 32.2. The highest BCUT2D eigenvalue weighted by Gasteiger charge is 2.66. The Morgan fingerprint density at radius 2 is 0.229 bits per heavy atom. The van der Waals surface area contributed by atoms with Gasteiger partial charge < -0.3 is 133 Å². The van der Waals surface area contributed by atoms with Crippen LogP contribution in [0, 0.1) is 0 Å². The van der Waals surface area contributed by atoms with Gasteiger partial charge in [-0.25, -0.2) is 0 Å². The molecule has 21 aliphatic rings. The Kier molecular flexibility index (Phi) is 45.6. The molecule has 21 saturated heterocycles. The van der Waals surface area contributed by atoms with E-state index in [0.717, 1.165) is 145 Å². The third-order valence-electron chi connectivity index (χ3n) is 20.6. The van der Waals surface area contributed by atoms with Crippen molar-refractivity contribution < 1.29 is 233 Å². The zero-order valence-electron chi connectivity index (χ0n) is 79.5. The fraction of sp³-hybridized carbons (Fsp3) is 0.750. The first-order chi connectivity index (χ1) is 65.7. The summed E-state index contributed by atoms with van der Waals surface area (Å²) >= 11 is 3.57. The number of thioether (sulfide) groups is 7. The third kappa shape index (κ3) is 34.4. The van der Waals surface area contributed by atoms with Crippen LogP contribution in [0.4, 0.5) is 0 Å². The molecular weight excluding hydrogens is 2020 g/mol. The second kappa shape index (κ2) is 54.4. The summed E-state index contributed by atoms with van der Waals surface area (Å²) in [5.74, 6) is -21.6. The SMILES string of the molecule is CC(=O)OC1C2OC(CSC(C)=O)C(OC3OC(CSC(C)=O)C(OC4OC(CSC(C)=O)C(OC5OC(CSC(C)=O)C(OC6OC(CSC(C)=O)C(OC7OC(CSC(C)=O)C(OC8OC(CSC(C)=O)C(O2)C(OC(C)=O)C8OC(C)=O)C(OC(C)=O)C7OC(C)=O)C(OC(C)=O)C6OC(C)=O)C(OC(C)=O)C5OC(C)=O)C(OC(C)=O)C4OC(C)=O)C(OC(C)=O)C3OC(C)=O)C1OC(C)=O. The van der Waals surface area contributed by atoms with E-state index >= 15 is 0 Å². The monoisotopic (exact) mass is 2130 g/mol. The third-order valence-corrected chi connectivity index (χ3v) is 26.9. The summed E-state index contributed by atoms with van der Waals surface area (Å²) in [5, 5.41) is -4.57. The van der Waals surface area contributed by atoms with Crippen LogP contribution in [0.5, 0.6) is 0 Å². The lowest BCUT2D eigenvalue weighted by atomic mass is 9.95. The van der Waals surface area contributed by atoms with Crippen molar-refractivity contribution in [3.05, 3.63) is 0 Å². The number of carbonyl (C=O) groups excluding carboxylic acids is 21. The fourth-order valence-electron chi connectivity index (χ4n) is 16.0. The molecule has 0 spiro atoms. The largest absolute Gasteiger partial charge is 0.455 e. The minimum Gasteiger partial charge on any atom is -0.455 e. The predicted octanol–water partition coefficient (Wildman–Crippen LogP) is 1.77. The van der Waals surface area contributed by atoms with Crippen LogP contribution in [0.3, 0.4) is 0 Å². The quantitative estimate of drug-likeness (QED) is 0.0795. The maximum Gasteiger partial charge on any atom is 0.303 e. The van der Waals surface area contributed by atoms with Gasteiger partial charge in [0.05, 0.1) is 0 Å². The molecule has 21 aliphatic heterocycles. The van der Waals surface area contributed by atoms with Gasteiger partial charge in [0.1, 0.15) is 85.5 Å². The van der Waals surface area contributed by atoms with Gasteiger partial charge in [-0.1, -0.05) is 82.3 Å². The van der Waals surface area contributed by atoms with Crippen LogP contribution < -0.4 is 0 Å². The van der Waals surface area contributed by atoms with Gasteiger partial charge in [0.25, 0.3) is 0 Å². The Hall–Kier alpha value is -7.84. The summed E-state index contributed by atoms with van der Waals surface area (Å²) in [6.07, 6.45) is -75.1. The highest BCUT2D eigenvalue weighted by atomic mass is 32.2. The Morgan fingerprint density at radius 3 is 0.307 bits per heavy atom. The molecule has 35 unspecified atom stereocenters. The average molecular weight is 2130 g/mol. The van der Waals surface area contributed by atoms with Crippen molar-refractivity contribution in [2.75, 3.05) is 40.3 Å². The average Bonchev–Trinajstić information content (AvgIpc) is 0.813. The summed E-state index contributed by atoms with van der Waals surface area (Å²) in [7, 11) is 0. The Labute approximate surface area is 830 Å². The van der Waals surface area contributed by atoms with Gasteiger partial charge in [0.15, 0.2) is 165 Å². The van der Waals surface area contributed by atoms with E-state index in [9.17, 15) is 101 Å². The van der Waals surface area contributed by atoms with E-state index in [1.165, 1.54) is 0 Å². The molecule has 0 aliphatic carbocycles. The minimum atomic E-state index is -2.31. The van der Waals surface area contributed by atoms with Crippen LogP contribution >= 0.6 is 82.3 Å². The lowest BCUT2D eigenvalue weighted by Crippen LogP contribution is -2.70. The molecule has 49 nitrogen and oxygen atoms in total. The highest BCUT2D eigenvalue weighted by molar-refractivity contribution is 8.15. The van der Waals surface area contributed by atoms with Gasteiger partial charge in [-0.3, -0.25) is 101 Å². The second-order valence-corrected chi connectivity index (χ2v) is 40.5. The van der Waals surface area contributed by atoms with Gasteiger partial charge in [0, 0.05) is 186 Å². The molecule has 21 rings (SSSR count). The van der Waals surface area contributed by atoms with E-state index in [1.807, 2.05) is 0 Å². The maximum atomic E-state index is 14.0. The first-order valence-corrected chi connectivity index (χ1v) is 50.1. The lowest BCUT2D eigenvalue weighted by Gasteiger charge is -2.52.